The van der Waals surface area contributed by atoms with Crippen LogP contribution in [-0.4, -0.2) is 6.10 Å². The van der Waals surface area contributed by atoms with E-state index in [2.05, 4.69) is 0 Å². The van der Waals surface area contributed by atoms with E-state index in [1.165, 1.54) is 0 Å². The van der Waals surface area contributed by atoms with Crippen LogP contribution in [0.4, 0.5) is 13.2 Å². The molecule has 1 saturated carbocycles. The maximum Gasteiger partial charge on any atom is 0.204 e. The number of hydrogen-bond donors (Lipinski definition) is 0. The van der Waals surface area contributed by atoms with Crippen LogP contribution >= 0.6 is 0 Å². The highest BCUT2D eigenvalue weighted by atomic mass is 19.2. The second-order valence-corrected chi connectivity index (χ2v) is 5.47. The molecule has 2 unspecified atom stereocenters. The first kappa shape index (κ1) is 11.9. The minimum absolute atomic E-state index is 0.0119. The molecule has 0 saturated heterocycles. The lowest BCUT2D eigenvalue weighted by molar-refractivity contribution is 0.214. The van der Waals surface area contributed by atoms with Crippen LogP contribution < -0.4 is 4.74 Å². The Bertz CT molecular complexity index is 510. The Morgan fingerprint density at radius 2 is 1.50 bits per heavy atom. The molecule has 0 spiro atoms. The van der Waals surface area contributed by atoms with Crippen LogP contribution in [-0.2, 0) is 0 Å². The summed E-state index contributed by atoms with van der Waals surface area (Å²) < 4.78 is 47.3. The van der Waals surface area contributed by atoms with E-state index in [4.69, 9.17) is 4.74 Å². The van der Waals surface area contributed by atoms with E-state index in [1.54, 1.807) is 13.8 Å². The van der Waals surface area contributed by atoms with Crippen molar-refractivity contribution in [2.75, 3.05) is 0 Å². The first-order valence-corrected chi connectivity index (χ1v) is 6.37. The van der Waals surface area contributed by atoms with Gasteiger partial charge in [0.05, 0.1) is 6.10 Å². The predicted octanol–water partition coefficient (Wildman–Crippen LogP) is 4.26. The first-order valence-electron chi connectivity index (χ1n) is 6.37. The average Bonchev–Trinajstić information content (AvgIpc) is 2.91. The second kappa shape index (κ2) is 3.90. The van der Waals surface area contributed by atoms with Gasteiger partial charge in [-0.1, -0.05) is 0 Å². The third-order valence-electron chi connectivity index (χ3n) is 3.96. The number of ether oxygens (including phenoxy) is 1. The summed E-state index contributed by atoms with van der Waals surface area (Å²) in [4.78, 5) is 0. The fourth-order valence-electron chi connectivity index (χ4n) is 3.32. The van der Waals surface area contributed by atoms with Gasteiger partial charge in [0.1, 0.15) is 0 Å². The molecule has 1 aromatic carbocycles. The third-order valence-corrected chi connectivity index (χ3v) is 3.96. The Kier molecular flexibility index (Phi) is 2.57. The monoisotopic (exact) mass is 256 g/mol. The van der Waals surface area contributed by atoms with Gasteiger partial charge in [-0.3, -0.25) is 0 Å². The van der Waals surface area contributed by atoms with Crippen LogP contribution in [0.2, 0.25) is 0 Å². The normalized spacial score (nSPS) is 24.8. The van der Waals surface area contributed by atoms with Crippen LogP contribution in [0.25, 0.3) is 0 Å². The molecule has 2 atom stereocenters. The molecule has 1 fully saturated rings. The highest BCUT2D eigenvalue weighted by molar-refractivity contribution is 5.49. The number of halogens is 3. The number of fused-ring (bicyclic) bond motifs is 5. The van der Waals surface area contributed by atoms with Crippen molar-refractivity contribution in [3.63, 3.8) is 0 Å². The van der Waals surface area contributed by atoms with Gasteiger partial charge in [-0.05, 0) is 44.9 Å². The maximum absolute atomic E-state index is 14.3. The summed E-state index contributed by atoms with van der Waals surface area (Å²) in [5.41, 5.74) is 0.623. The van der Waals surface area contributed by atoms with Gasteiger partial charge in [0.15, 0.2) is 17.4 Å². The lowest BCUT2D eigenvalue weighted by Gasteiger charge is -2.20. The average molecular weight is 256 g/mol. The predicted molar refractivity (Wildman–Crippen MR) is 61.4 cm³/mol. The van der Waals surface area contributed by atoms with Crippen molar-refractivity contribution in [1.82, 2.24) is 0 Å². The largest absolute Gasteiger partial charge is 0.485 e. The van der Waals surface area contributed by atoms with Crippen LogP contribution in [0.15, 0.2) is 0 Å². The quantitative estimate of drug-likeness (QED) is 0.718. The second-order valence-electron chi connectivity index (χ2n) is 5.47. The van der Waals surface area contributed by atoms with Gasteiger partial charge in [0.2, 0.25) is 5.82 Å². The molecular weight excluding hydrogens is 241 g/mol. The van der Waals surface area contributed by atoms with Gasteiger partial charge in [0, 0.05) is 11.1 Å². The molecule has 0 radical (unpaired) electrons. The van der Waals surface area contributed by atoms with E-state index < -0.39 is 23.2 Å². The summed E-state index contributed by atoms with van der Waals surface area (Å²) >= 11 is 0. The van der Waals surface area contributed by atoms with Gasteiger partial charge in [-0.2, -0.15) is 4.39 Å². The van der Waals surface area contributed by atoms with Gasteiger partial charge < -0.3 is 4.74 Å². The van der Waals surface area contributed by atoms with Crippen molar-refractivity contribution in [3.05, 3.63) is 28.6 Å². The van der Waals surface area contributed by atoms with E-state index in [0.717, 1.165) is 19.3 Å². The Balaban J connectivity index is 2.20. The van der Waals surface area contributed by atoms with Crippen molar-refractivity contribution < 1.29 is 17.9 Å². The minimum atomic E-state index is -1.17. The molecule has 3 rings (SSSR count). The van der Waals surface area contributed by atoms with E-state index in [0.29, 0.717) is 5.56 Å². The Hall–Kier alpha value is -1.19. The van der Waals surface area contributed by atoms with E-state index in [-0.39, 0.29) is 23.5 Å². The Morgan fingerprint density at radius 1 is 0.944 bits per heavy atom. The molecule has 1 nitrogen and oxygen atoms in total. The van der Waals surface area contributed by atoms with E-state index in [1.807, 2.05) is 0 Å². The van der Waals surface area contributed by atoms with Gasteiger partial charge in [0.25, 0.3) is 0 Å². The molecule has 0 heterocycles. The van der Waals surface area contributed by atoms with E-state index in [9.17, 15) is 13.2 Å². The lowest BCUT2D eigenvalue weighted by atomic mass is 9.90. The topological polar surface area (TPSA) is 9.23 Å². The standard InChI is InChI=1S/C14H15F3O/c1-6(2)18-14-12(16)10-8-4-3-7(5-8)9(10)11(15)13(14)17/h6-8H,3-5H2,1-2H3. The zero-order valence-electron chi connectivity index (χ0n) is 10.4. The van der Waals surface area contributed by atoms with Crippen molar-refractivity contribution in [1.29, 1.82) is 0 Å². The summed E-state index contributed by atoms with van der Waals surface area (Å²) in [5, 5.41) is 0. The number of hydrogen-bond acceptors (Lipinski definition) is 1. The SMILES string of the molecule is CC(C)Oc1c(F)c(F)c2c(c1F)C1CCC2C1. The molecule has 2 aliphatic carbocycles. The van der Waals surface area contributed by atoms with E-state index >= 15 is 0 Å². The molecule has 2 bridgehead atoms. The summed E-state index contributed by atoms with van der Waals surface area (Å²) in [7, 11) is 0. The van der Waals surface area contributed by atoms with Crippen molar-refractivity contribution in [3.8, 4) is 5.75 Å². The fraction of sp³-hybridized carbons (Fsp3) is 0.571. The highest BCUT2D eigenvalue weighted by Gasteiger charge is 2.44. The minimum Gasteiger partial charge on any atom is -0.485 e. The third kappa shape index (κ3) is 1.47. The van der Waals surface area contributed by atoms with Crippen molar-refractivity contribution >= 4 is 0 Å². The molecule has 0 amide bonds. The van der Waals surface area contributed by atoms with Crippen molar-refractivity contribution in [2.24, 2.45) is 0 Å². The Morgan fingerprint density at radius 3 is 2.06 bits per heavy atom. The van der Waals surface area contributed by atoms with Crippen LogP contribution in [0.3, 0.4) is 0 Å². The summed E-state index contributed by atoms with van der Waals surface area (Å²) in [6.45, 7) is 3.33. The smallest absolute Gasteiger partial charge is 0.204 e. The van der Waals surface area contributed by atoms with Crippen LogP contribution in [0.5, 0.6) is 5.75 Å². The first-order chi connectivity index (χ1) is 8.50. The highest BCUT2D eigenvalue weighted by Crippen LogP contribution is 2.56. The summed E-state index contributed by atoms with van der Waals surface area (Å²) in [6.07, 6.45) is 2.05. The van der Waals surface area contributed by atoms with Gasteiger partial charge in [-0.15, -0.1) is 0 Å². The number of rotatable bonds is 2. The molecule has 0 aromatic heterocycles. The molecular formula is C14H15F3O. The molecule has 98 valence electrons. The fourth-order valence-corrected chi connectivity index (χ4v) is 3.32. The maximum atomic E-state index is 14.3. The van der Waals surface area contributed by atoms with Crippen LogP contribution in [0.1, 0.15) is 56.1 Å². The zero-order valence-corrected chi connectivity index (χ0v) is 10.4. The molecule has 18 heavy (non-hydrogen) atoms. The number of benzene rings is 1. The molecule has 2 aliphatic rings. The lowest BCUT2D eigenvalue weighted by Crippen LogP contribution is -2.14. The molecule has 4 heteroatoms. The molecule has 0 aliphatic heterocycles. The zero-order chi connectivity index (χ0) is 13.0. The Labute approximate surface area is 104 Å². The van der Waals surface area contributed by atoms with Gasteiger partial charge >= 0.3 is 0 Å². The van der Waals surface area contributed by atoms with Gasteiger partial charge in [-0.25, -0.2) is 8.78 Å². The van der Waals surface area contributed by atoms with Crippen molar-refractivity contribution in [2.45, 2.75) is 51.0 Å². The molecule has 1 aromatic rings. The molecule has 0 N–H and O–H groups in total. The summed E-state index contributed by atoms with van der Waals surface area (Å²) in [6, 6.07) is 0. The van der Waals surface area contributed by atoms with Crippen LogP contribution in [0, 0.1) is 17.5 Å². The summed E-state index contributed by atoms with van der Waals surface area (Å²) in [5.74, 6) is -3.29.